The molecular weight excluding hydrogens is 240 g/mol. The number of benzene rings is 1. The van der Waals surface area contributed by atoms with Crippen molar-refractivity contribution < 1.29 is 0 Å². The van der Waals surface area contributed by atoms with Crippen LogP contribution in [0.15, 0.2) is 35.0 Å². The molecule has 3 heteroatoms. The summed E-state index contributed by atoms with van der Waals surface area (Å²) in [4.78, 5) is 2.53. The quantitative estimate of drug-likeness (QED) is 0.856. The van der Waals surface area contributed by atoms with Crippen LogP contribution in [0.4, 0.5) is 5.69 Å². The van der Waals surface area contributed by atoms with Crippen LogP contribution in [0.5, 0.6) is 0 Å². The van der Waals surface area contributed by atoms with Crippen molar-refractivity contribution in [2.45, 2.75) is 32.5 Å². The number of rotatable bonds is 3. The molecular formula is C15H18N2S. The Labute approximate surface area is 112 Å². The molecule has 0 saturated carbocycles. The monoisotopic (exact) mass is 258 g/mol. The first-order valence-corrected chi connectivity index (χ1v) is 7.29. The minimum atomic E-state index is 0.577. The molecule has 18 heavy (non-hydrogen) atoms. The molecule has 3 rings (SSSR count). The summed E-state index contributed by atoms with van der Waals surface area (Å²) in [5.74, 6) is 0. The van der Waals surface area contributed by atoms with E-state index in [1.165, 1.54) is 16.7 Å². The van der Waals surface area contributed by atoms with E-state index in [1.54, 1.807) is 11.3 Å². The molecule has 0 fully saturated rings. The fourth-order valence-electron chi connectivity index (χ4n) is 2.63. The van der Waals surface area contributed by atoms with Gasteiger partial charge in [0, 0.05) is 24.8 Å². The van der Waals surface area contributed by atoms with E-state index < -0.39 is 0 Å². The highest BCUT2D eigenvalue weighted by atomic mass is 32.1. The Morgan fingerprint density at radius 2 is 2.11 bits per heavy atom. The summed E-state index contributed by atoms with van der Waals surface area (Å²) in [5.41, 5.74) is 11.0. The van der Waals surface area contributed by atoms with Gasteiger partial charge >= 0.3 is 0 Å². The molecule has 2 N–H and O–H groups in total. The maximum atomic E-state index is 5.84. The van der Waals surface area contributed by atoms with Crippen LogP contribution in [-0.2, 0) is 19.5 Å². The van der Waals surface area contributed by atoms with Gasteiger partial charge in [-0.3, -0.25) is 4.90 Å². The fourth-order valence-corrected chi connectivity index (χ4v) is 3.31. The van der Waals surface area contributed by atoms with Crippen LogP contribution in [0.3, 0.4) is 0 Å². The highest BCUT2D eigenvalue weighted by molar-refractivity contribution is 7.07. The van der Waals surface area contributed by atoms with E-state index >= 15 is 0 Å². The first kappa shape index (κ1) is 11.8. The standard InChI is InChI=1S/C15H18N2S/c1-11(6-12-4-5-18-10-12)17-8-13-2-3-15(16)7-14(13)9-17/h2-5,7,10-11H,6,8-9,16H2,1H3. The Hall–Kier alpha value is -1.32. The van der Waals surface area contributed by atoms with E-state index in [-0.39, 0.29) is 0 Å². The molecule has 1 aliphatic heterocycles. The normalized spacial score (nSPS) is 16.7. The number of fused-ring (bicyclic) bond motifs is 1. The summed E-state index contributed by atoms with van der Waals surface area (Å²) in [6.07, 6.45) is 1.13. The van der Waals surface area contributed by atoms with Gasteiger partial charge in [0.25, 0.3) is 0 Å². The Kier molecular flexibility index (Phi) is 3.10. The zero-order valence-corrected chi connectivity index (χ0v) is 11.4. The average Bonchev–Trinajstić information content (AvgIpc) is 2.96. The van der Waals surface area contributed by atoms with Crippen molar-refractivity contribution in [1.29, 1.82) is 0 Å². The minimum Gasteiger partial charge on any atom is -0.399 e. The summed E-state index contributed by atoms with van der Waals surface area (Å²) >= 11 is 1.78. The van der Waals surface area contributed by atoms with Crippen molar-refractivity contribution in [3.05, 3.63) is 51.7 Å². The van der Waals surface area contributed by atoms with E-state index in [1.807, 2.05) is 6.07 Å². The van der Waals surface area contributed by atoms with Gasteiger partial charge < -0.3 is 5.73 Å². The van der Waals surface area contributed by atoms with Gasteiger partial charge in [0.05, 0.1) is 0 Å². The van der Waals surface area contributed by atoms with Gasteiger partial charge in [-0.15, -0.1) is 0 Å². The van der Waals surface area contributed by atoms with Crippen LogP contribution in [0.1, 0.15) is 23.6 Å². The van der Waals surface area contributed by atoms with Crippen LogP contribution in [0, 0.1) is 0 Å². The van der Waals surface area contributed by atoms with Gasteiger partial charge in [0.15, 0.2) is 0 Å². The smallest absolute Gasteiger partial charge is 0.0317 e. The number of anilines is 1. The molecule has 1 aromatic heterocycles. The fraction of sp³-hybridized carbons (Fsp3) is 0.333. The lowest BCUT2D eigenvalue weighted by molar-refractivity contribution is 0.211. The molecule has 1 aromatic carbocycles. The lowest BCUT2D eigenvalue weighted by Crippen LogP contribution is -2.29. The zero-order chi connectivity index (χ0) is 12.5. The molecule has 2 nitrogen and oxygen atoms in total. The molecule has 0 saturated heterocycles. The third-order valence-electron chi connectivity index (χ3n) is 3.71. The van der Waals surface area contributed by atoms with Crippen molar-refractivity contribution in [3.63, 3.8) is 0 Å². The number of nitrogens with two attached hydrogens (primary N) is 1. The number of thiophene rings is 1. The summed E-state index contributed by atoms with van der Waals surface area (Å²) in [6, 6.07) is 9.09. The first-order chi connectivity index (χ1) is 8.72. The lowest BCUT2D eigenvalue weighted by Gasteiger charge is -2.23. The average molecular weight is 258 g/mol. The minimum absolute atomic E-state index is 0.577. The van der Waals surface area contributed by atoms with E-state index in [9.17, 15) is 0 Å². The Bertz CT molecular complexity index is 533. The van der Waals surface area contributed by atoms with Crippen molar-refractivity contribution in [3.8, 4) is 0 Å². The molecule has 0 bridgehead atoms. The molecule has 1 atom stereocenters. The molecule has 2 heterocycles. The second-order valence-corrected chi connectivity index (χ2v) is 5.90. The van der Waals surface area contributed by atoms with E-state index in [0.29, 0.717) is 6.04 Å². The molecule has 1 aliphatic rings. The molecule has 2 aromatic rings. The first-order valence-electron chi connectivity index (χ1n) is 6.35. The third-order valence-corrected chi connectivity index (χ3v) is 4.44. The molecule has 0 aliphatic carbocycles. The second-order valence-electron chi connectivity index (χ2n) is 5.12. The molecule has 94 valence electrons. The van der Waals surface area contributed by atoms with E-state index in [4.69, 9.17) is 5.73 Å². The summed E-state index contributed by atoms with van der Waals surface area (Å²) in [7, 11) is 0. The summed E-state index contributed by atoms with van der Waals surface area (Å²) < 4.78 is 0. The molecule has 0 radical (unpaired) electrons. The van der Waals surface area contributed by atoms with Gasteiger partial charge in [-0.1, -0.05) is 6.07 Å². The van der Waals surface area contributed by atoms with Crippen molar-refractivity contribution >= 4 is 17.0 Å². The number of hydrogen-bond donors (Lipinski definition) is 1. The van der Waals surface area contributed by atoms with Gasteiger partial charge in [-0.05, 0) is 59.0 Å². The summed E-state index contributed by atoms with van der Waals surface area (Å²) in [6.45, 7) is 4.40. The molecule has 0 spiro atoms. The highest BCUT2D eigenvalue weighted by Gasteiger charge is 2.23. The Balaban J connectivity index is 1.69. The van der Waals surface area contributed by atoms with E-state index in [0.717, 1.165) is 25.2 Å². The maximum absolute atomic E-state index is 5.84. The van der Waals surface area contributed by atoms with Crippen LogP contribution in [0.2, 0.25) is 0 Å². The SMILES string of the molecule is CC(Cc1ccsc1)N1Cc2ccc(N)cc2C1. The molecule has 0 amide bonds. The van der Waals surface area contributed by atoms with Gasteiger partial charge in [-0.25, -0.2) is 0 Å². The van der Waals surface area contributed by atoms with E-state index in [2.05, 4.69) is 40.8 Å². The van der Waals surface area contributed by atoms with Crippen LogP contribution >= 0.6 is 11.3 Å². The number of nitrogens with zero attached hydrogens (tertiary/aromatic N) is 1. The Morgan fingerprint density at radius 3 is 2.89 bits per heavy atom. The Morgan fingerprint density at radius 1 is 1.28 bits per heavy atom. The highest BCUT2D eigenvalue weighted by Crippen LogP contribution is 2.27. The van der Waals surface area contributed by atoms with Crippen molar-refractivity contribution in [2.75, 3.05) is 5.73 Å². The van der Waals surface area contributed by atoms with Crippen LogP contribution < -0.4 is 5.73 Å². The maximum Gasteiger partial charge on any atom is 0.0317 e. The molecule has 1 unspecified atom stereocenters. The lowest BCUT2D eigenvalue weighted by atomic mass is 10.1. The topological polar surface area (TPSA) is 29.3 Å². The van der Waals surface area contributed by atoms with Gasteiger partial charge in [-0.2, -0.15) is 11.3 Å². The van der Waals surface area contributed by atoms with Crippen molar-refractivity contribution in [2.24, 2.45) is 0 Å². The predicted molar refractivity (Wildman–Crippen MR) is 77.6 cm³/mol. The van der Waals surface area contributed by atoms with Gasteiger partial charge in [0.1, 0.15) is 0 Å². The van der Waals surface area contributed by atoms with Crippen molar-refractivity contribution in [1.82, 2.24) is 4.90 Å². The third kappa shape index (κ3) is 2.28. The zero-order valence-electron chi connectivity index (χ0n) is 10.6. The number of nitrogen functional groups attached to an aromatic ring is 1. The number of hydrogen-bond acceptors (Lipinski definition) is 3. The predicted octanol–water partition coefficient (Wildman–Crippen LogP) is 3.28. The van der Waals surface area contributed by atoms with Crippen LogP contribution in [0.25, 0.3) is 0 Å². The van der Waals surface area contributed by atoms with Crippen LogP contribution in [-0.4, -0.2) is 10.9 Å². The largest absolute Gasteiger partial charge is 0.399 e. The summed E-state index contributed by atoms with van der Waals surface area (Å²) in [5, 5.41) is 4.40. The van der Waals surface area contributed by atoms with Gasteiger partial charge in [0.2, 0.25) is 0 Å². The second kappa shape index (κ2) is 4.75.